The van der Waals surface area contributed by atoms with Crippen LogP contribution in [-0.4, -0.2) is 51.0 Å². The molecule has 0 N–H and O–H groups in total. The van der Waals surface area contributed by atoms with Gasteiger partial charge in [0.05, 0.1) is 18.8 Å². The number of methoxy groups -OCH3 is 1. The summed E-state index contributed by atoms with van der Waals surface area (Å²) in [5, 5.41) is 0. The van der Waals surface area contributed by atoms with Crippen molar-refractivity contribution in [1.82, 2.24) is 4.90 Å². The molecule has 1 rings (SSSR count). The fourth-order valence-corrected chi connectivity index (χ4v) is 1.55. The SMILES string of the molecule is COC[C@@H]1CN(C)C[C@H](C)O1. The van der Waals surface area contributed by atoms with Crippen molar-refractivity contribution in [2.45, 2.75) is 19.1 Å². The molecule has 66 valence electrons. The Kier molecular flexibility index (Phi) is 3.30. The maximum absolute atomic E-state index is 5.63. The van der Waals surface area contributed by atoms with Crippen LogP contribution in [-0.2, 0) is 9.47 Å². The van der Waals surface area contributed by atoms with Crippen molar-refractivity contribution in [3.05, 3.63) is 0 Å². The zero-order valence-corrected chi connectivity index (χ0v) is 7.54. The van der Waals surface area contributed by atoms with Gasteiger partial charge in [0.1, 0.15) is 0 Å². The van der Waals surface area contributed by atoms with Gasteiger partial charge in [0.2, 0.25) is 0 Å². The smallest absolute Gasteiger partial charge is 0.0938 e. The van der Waals surface area contributed by atoms with Crippen molar-refractivity contribution < 1.29 is 9.47 Å². The third kappa shape index (κ3) is 2.77. The van der Waals surface area contributed by atoms with Gasteiger partial charge in [0, 0.05) is 20.2 Å². The summed E-state index contributed by atoms with van der Waals surface area (Å²) in [5.74, 6) is 0. The first-order valence-electron chi connectivity index (χ1n) is 4.05. The second-order valence-electron chi connectivity index (χ2n) is 3.25. The zero-order chi connectivity index (χ0) is 8.27. The van der Waals surface area contributed by atoms with Gasteiger partial charge in [-0.1, -0.05) is 0 Å². The van der Waals surface area contributed by atoms with E-state index in [0.717, 1.165) is 13.1 Å². The number of likely N-dealkylation sites (N-methyl/N-ethyl adjacent to an activating group) is 1. The fraction of sp³-hybridized carbons (Fsp3) is 1.00. The molecule has 0 aromatic carbocycles. The average Bonchev–Trinajstić information content (AvgIpc) is 1.85. The third-order valence-electron chi connectivity index (χ3n) is 1.86. The predicted octanol–water partition coefficient (Wildman–Crippen LogP) is 0.352. The normalized spacial score (nSPS) is 34.1. The average molecular weight is 159 g/mol. The molecule has 1 heterocycles. The molecule has 0 spiro atoms. The Labute approximate surface area is 68.3 Å². The van der Waals surface area contributed by atoms with Crippen LogP contribution in [0.25, 0.3) is 0 Å². The lowest BCUT2D eigenvalue weighted by Gasteiger charge is -2.34. The van der Waals surface area contributed by atoms with Gasteiger partial charge in [-0.25, -0.2) is 0 Å². The number of hydrogen-bond donors (Lipinski definition) is 0. The van der Waals surface area contributed by atoms with Crippen LogP contribution in [0, 0.1) is 0 Å². The molecule has 0 saturated carbocycles. The third-order valence-corrected chi connectivity index (χ3v) is 1.86. The van der Waals surface area contributed by atoms with Crippen LogP contribution in [0.15, 0.2) is 0 Å². The summed E-state index contributed by atoms with van der Waals surface area (Å²) in [6, 6.07) is 0. The van der Waals surface area contributed by atoms with Crippen molar-refractivity contribution in [2.75, 3.05) is 33.9 Å². The molecule has 11 heavy (non-hydrogen) atoms. The van der Waals surface area contributed by atoms with Gasteiger partial charge in [0.25, 0.3) is 0 Å². The number of morpholine rings is 1. The standard InChI is InChI=1S/C8H17NO2/c1-7-4-9(2)5-8(11-7)6-10-3/h7-8H,4-6H2,1-3H3/t7-,8-/m0/s1. The van der Waals surface area contributed by atoms with Crippen molar-refractivity contribution in [3.63, 3.8) is 0 Å². The molecule has 1 aliphatic heterocycles. The molecule has 1 saturated heterocycles. The molecule has 0 aromatic heterocycles. The highest BCUT2D eigenvalue weighted by atomic mass is 16.5. The molecular formula is C8H17NO2. The first-order valence-corrected chi connectivity index (χ1v) is 4.05. The molecule has 2 atom stereocenters. The maximum Gasteiger partial charge on any atom is 0.0938 e. The Bertz CT molecular complexity index is 109. The first kappa shape index (κ1) is 8.97. The molecule has 0 aromatic rings. The largest absolute Gasteiger partial charge is 0.382 e. The molecule has 0 bridgehead atoms. The summed E-state index contributed by atoms with van der Waals surface area (Å²) in [6.07, 6.45) is 0.600. The predicted molar refractivity (Wildman–Crippen MR) is 43.7 cm³/mol. The minimum absolute atomic E-state index is 0.258. The van der Waals surface area contributed by atoms with Crippen LogP contribution in [0.5, 0.6) is 0 Å². The Morgan fingerprint density at radius 2 is 2.27 bits per heavy atom. The Morgan fingerprint density at radius 3 is 2.82 bits per heavy atom. The van der Waals surface area contributed by atoms with Crippen LogP contribution in [0.3, 0.4) is 0 Å². The van der Waals surface area contributed by atoms with E-state index in [0.29, 0.717) is 12.7 Å². The minimum atomic E-state index is 0.258. The van der Waals surface area contributed by atoms with Crippen molar-refractivity contribution in [1.29, 1.82) is 0 Å². The topological polar surface area (TPSA) is 21.7 Å². The van der Waals surface area contributed by atoms with E-state index in [2.05, 4.69) is 18.9 Å². The summed E-state index contributed by atoms with van der Waals surface area (Å²) in [5.41, 5.74) is 0. The minimum Gasteiger partial charge on any atom is -0.382 e. The summed E-state index contributed by atoms with van der Waals surface area (Å²) in [4.78, 5) is 2.28. The maximum atomic E-state index is 5.63. The highest BCUT2D eigenvalue weighted by Gasteiger charge is 2.22. The van der Waals surface area contributed by atoms with Gasteiger partial charge >= 0.3 is 0 Å². The molecule has 1 fully saturated rings. The van der Waals surface area contributed by atoms with Crippen LogP contribution in [0.2, 0.25) is 0 Å². The number of hydrogen-bond acceptors (Lipinski definition) is 3. The van der Waals surface area contributed by atoms with Crippen LogP contribution < -0.4 is 0 Å². The molecule has 0 unspecified atom stereocenters. The van der Waals surface area contributed by atoms with Crippen LogP contribution >= 0.6 is 0 Å². The molecule has 3 heteroatoms. The van der Waals surface area contributed by atoms with E-state index < -0.39 is 0 Å². The second-order valence-corrected chi connectivity index (χ2v) is 3.25. The van der Waals surface area contributed by atoms with E-state index in [-0.39, 0.29) is 6.10 Å². The van der Waals surface area contributed by atoms with Gasteiger partial charge < -0.3 is 14.4 Å². The first-order chi connectivity index (χ1) is 5.22. The van der Waals surface area contributed by atoms with Crippen molar-refractivity contribution >= 4 is 0 Å². The molecule has 1 aliphatic rings. The monoisotopic (exact) mass is 159 g/mol. The number of rotatable bonds is 2. The molecule has 0 radical (unpaired) electrons. The van der Waals surface area contributed by atoms with E-state index in [1.807, 2.05) is 0 Å². The highest BCUT2D eigenvalue weighted by molar-refractivity contribution is 4.72. The number of ether oxygens (including phenoxy) is 2. The van der Waals surface area contributed by atoms with E-state index in [1.165, 1.54) is 0 Å². The van der Waals surface area contributed by atoms with E-state index >= 15 is 0 Å². The molecule has 0 amide bonds. The van der Waals surface area contributed by atoms with Gasteiger partial charge in [0.15, 0.2) is 0 Å². The molecular weight excluding hydrogens is 142 g/mol. The zero-order valence-electron chi connectivity index (χ0n) is 7.54. The summed E-state index contributed by atoms with van der Waals surface area (Å²) >= 11 is 0. The van der Waals surface area contributed by atoms with Crippen LogP contribution in [0.1, 0.15) is 6.92 Å². The molecule has 0 aliphatic carbocycles. The Morgan fingerprint density at radius 1 is 1.55 bits per heavy atom. The quantitative estimate of drug-likeness (QED) is 0.580. The fourth-order valence-electron chi connectivity index (χ4n) is 1.55. The number of nitrogens with zero attached hydrogens (tertiary/aromatic N) is 1. The highest BCUT2D eigenvalue weighted by Crippen LogP contribution is 2.08. The van der Waals surface area contributed by atoms with Gasteiger partial charge in [-0.05, 0) is 14.0 Å². The van der Waals surface area contributed by atoms with E-state index in [4.69, 9.17) is 9.47 Å². The van der Waals surface area contributed by atoms with Crippen molar-refractivity contribution in [3.8, 4) is 0 Å². The van der Waals surface area contributed by atoms with E-state index in [9.17, 15) is 0 Å². The van der Waals surface area contributed by atoms with E-state index in [1.54, 1.807) is 7.11 Å². The lowest BCUT2D eigenvalue weighted by atomic mass is 10.2. The summed E-state index contributed by atoms with van der Waals surface area (Å²) in [6.45, 7) is 4.81. The lowest BCUT2D eigenvalue weighted by molar-refractivity contribution is -0.0948. The summed E-state index contributed by atoms with van der Waals surface area (Å²) < 4.78 is 10.7. The van der Waals surface area contributed by atoms with Crippen LogP contribution in [0.4, 0.5) is 0 Å². The van der Waals surface area contributed by atoms with Gasteiger partial charge in [-0.3, -0.25) is 0 Å². The Balaban J connectivity index is 2.30. The van der Waals surface area contributed by atoms with Crippen molar-refractivity contribution in [2.24, 2.45) is 0 Å². The van der Waals surface area contributed by atoms with Gasteiger partial charge in [-0.15, -0.1) is 0 Å². The van der Waals surface area contributed by atoms with Gasteiger partial charge in [-0.2, -0.15) is 0 Å². The summed E-state index contributed by atoms with van der Waals surface area (Å²) in [7, 11) is 3.82. The Hall–Kier alpha value is -0.120. The lowest BCUT2D eigenvalue weighted by Crippen LogP contribution is -2.46. The second kappa shape index (κ2) is 4.04. The molecule has 3 nitrogen and oxygen atoms in total.